The molecule has 0 aliphatic carbocycles. The van der Waals surface area contributed by atoms with Crippen LogP contribution < -0.4 is 5.32 Å². The lowest BCUT2D eigenvalue weighted by Gasteiger charge is -2.15. The smallest absolute Gasteiger partial charge is 0.330 e. The summed E-state index contributed by atoms with van der Waals surface area (Å²) in [5.74, 6) is -2.08. The lowest BCUT2D eigenvalue weighted by Crippen LogP contribution is -2.35. The number of carboxylic acid groups (broad SMARTS) is 1. The van der Waals surface area contributed by atoms with Gasteiger partial charge in [0.05, 0.1) is 12.1 Å². The number of halogens is 2. The molecule has 138 valence electrons. The second kappa shape index (κ2) is 8.28. The van der Waals surface area contributed by atoms with Crippen LogP contribution in [-0.2, 0) is 16.0 Å². The van der Waals surface area contributed by atoms with Gasteiger partial charge >= 0.3 is 5.97 Å². The summed E-state index contributed by atoms with van der Waals surface area (Å²) in [5, 5.41) is 14.4. The van der Waals surface area contributed by atoms with Crippen LogP contribution in [0.2, 0.25) is 5.02 Å². The van der Waals surface area contributed by atoms with E-state index in [2.05, 4.69) is 10.3 Å². The summed E-state index contributed by atoms with van der Waals surface area (Å²) in [7, 11) is 0. The van der Waals surface area contributed by atoms with Crippen molar-refractivity contribution >= 4 is 34.8 Å². The van der Waals surface area contributed by atoms with Gasteiger partial charge in [-0.15, -0.1) is 11.3 Å². The normalized spacial score (nSPS) is 11.8. The van der Waals surface area contributed by atoms with Gasteiger partial charge in [0.1, 0.15) is 10.8 Å². The third-order valence-electron chi connectivity index (χ3n) is 3.73. The Bertz CT molecular complexity index is 992. The van der Waals surface area contributed by atoms with Crippen LogP contribution in [0.1, 0.15) is 17.3 Å². The standard InChI is InChI=1S/C19H14ClFN2O3S/c20-15-7-2-1-6-14(15)17(19(25)26)23-16(24)9-13-10-27-18(22-13)11-4-3-5-12(21)8-11/h1-8,10,17H,9H2,(H,23,24)(H,25,26). The maximum absolute atomic E-state index is 13.3. The monoisotopic (exact) mass is 404 g/mol. The second-order valence-electron chi connectivity index (χ2n) is 5.69. The van der Waals surface area contributed by atoms with E-state index in [-0.39, 0.29) is 17.3 Å². The number of hydrogen-bond acceptors (Lipinski definition) is 4. The van der Waals surface area contributed by atoms with Gasteiger partial charge in [-0.25, -0.2) is 14.2 Å². The molecular formula is C19H14ClFN2O3S. The molecule has 1 heterocycles. The number of rotatable bonds is 6. The minimum atomic E-state index is -1.26. The average molecular weight is 405 g/mol. The van der Waals surface area contributed by atoms with Crippen molar-refractivity contribution in [1.82, 2.24) is 10.3 Å². The number of aliphatic carboxylic acids is 1. The molecule has 0 spiro atoms. The van der Waals surface area contributed by atoms with E-state index < -0.39 is 17.9 Å². The fourth-order valence-corrected chi connectivity index (χ4v) is 3.56. The Hall–Kier alpha value is -2.77. The van der Waals surface area contributed by atoms with Crippen LogP contribution >= 0.6 is 22.9 Å². The first kappa shape index (κ1) is 19.0. The van der Waals surface area contributed by atoms with Crippen molar-refractivity contribution in [2.75, 3.05) is 0 Å². The fraction of sp³-hybridized carbons (Fsp3) is 0.105. The molecule has 0 aliphatic rings. The molecule has 8 heteroatoms. The molecule has 3 aromatic rings. The molecule has 3 rings (SSSR count). The van der Waals surface area contributed by atoms with E-state index >= 15 is 0 Å². The highest BCUT2D eigenvalue weighted by molar-refractivity contribution is 7.13. The van der Waals surface area contributed by atoms with Crippen LogP contribution in [0.3, 0.4) is 0 Å². The third-order valence-corrected chi connectivity index (χ3v) is 5.02. The number of nitrogens with one attached hydrogen (secondary N) is 1. The summed E-state index contributed by atoms with van der Waals surface area (Å²) >= 11 is 7.32. The van der Waals surface area contributed by atoms with Crippen LogP contribution in [0.4, 0.5) is 4.39 Å². The summed E-state index contributed by atoms with van der Waals surface area (Å²) in [6.07, 6.45) is -0.0972. The van der Waals surface area contributed by atoms with Crippen molar-refractivity contribution in [3.8, 4) is 10.6 Å². The molecular weight excluding hydrogens is 391 g/mol. The van der Waals surface area contributed by atoms with Gasteiger partial charge in [0.25, 0.3) is 0 Å². The number of nitrogens with zero attached hydrogens (tertiary/aromatic N) is 1. The fourth-order valence-electron chi connectivity index (χ4n) is 2.50. The van der Waals surface area contributed by atoms with Gasteiger partial charge in [0.2, 0.25) is 5.91 Å². The molecule has 1 amide bonds. The van der Waals surface area contributed by atoms with Gasteiger partial charge in [-0.05, 0) is 18.2 Å². The first-order valence-corrected chi connectivity index (χ1v) is 9.17. The molecule has 0 bridgehead atoms. The molecule has 0 radical (unpaired) electrons. The zero-order chi connectivity index (χ0) is 19.4. The minimum absolute atomic E-state index is 0.0972. The Morgan fingerprint density at radius 3 is 2.70 bits per heavy atom. The number of hydrogen-bond donors (Lipinski definition) is 2. The molecule has 1 atom stereocenters. The summed E-state index contributed by atoms with van der Waals surface area (Å²) in [6, 6.07) is 11.2. The van der Waals surface area contributed by atoms with E-state index in [1.165, 1.54) is 23.5 Å². The minimum Gasteiger partial charge on any atom is -0.479 e. The topological polar surface area (TPSA) is 79.3 Å². The quantitative estimate of drug-likeness (QED) is 0.648. The van der Waals surface area contributed by atoms with Gasteiger partial charge < -0.3 is 10.4 Å². The molecule has 2 aromatic carbocycles. The largest absolute Gasteiger partial charge is 0.479 e. The summed E-state index contributed by atoms with van der Waals surface area (Å²) in [6.45, 7) is 0. The van der Waals surface area contributed by atoms with Crippen molar-refractivity contribution < 1.29 is 19.1 Å². The summed E-state index contributed by atoms with van der Waals surface area (Å²) in [4.78, 5) is 28.2. The molecule has 0 fully saturated rings. The van der Waals surface area contributed by atoms with E-state index in [0.29, 0.717) is 21.8 Å². The van der Waals surface area contributed by atoms with Crippen molar-refractivity contribution in [2.24, 2.45) is 0 Å². The predicted octanol–water partition coefficient (Wildman–Crippen LogP) is 4.09. The Labute approximate surface area is 163 Å². The van der Waals surface area contributed by atoms with E-state index in [1.54, 1.807) is 41.8 Å². The first-order chi connectivity index (χ1) is 12.9. The van der Waals surface area contributed by atoms with Crippen LogP contribution in [0.25, 0.3) is 10.6 Å². The number of carbonyl (C=O) groups excluding carboxylic acids is 1. The number of benzene rings is 2. The molecule has 1 unspecified atom stereocenters. The zero-order valence-electron chi connectivity index (χ0n) is 13.9. The third kappa shape index (κ3) is 4.69. The van der Waals surface area contributed by atoms with E-state index in [0.717, 1.165) is 0 Å². The lowest BCUT2D eigenvalue weighted by atomic mass is 10.1. The Kier molecular flexibility index (Phi) is 5.83. The van der Waals surface area contributed by atoms with Crippen molar-refractivity contribution in [2.45, 2.75) is 12.5 Å². The number of thiazole rings is 1. The lowest BCUT2D eigenvalue weighted by molar-refractivity contribution is -0.142. The molecule has 0 saturated carbocycles. The van der Waals surface area contributed by atoms with E-state index in [4.69, 9.17) is 11.6 Å². The molecule has 2 N–H and O–H groups in total. The Morgan fingerprint density at radius 2 is 2.00 bits per heavy atom. The van der Waals surface area contributed by atoms with Crippen LogP contribution in [0.15, 0.2) is 53.9 Å². The first-order valence-electron chi connectivity index (χ1n) is 7.91. The summed E-state index contributed by atoms with van der Waals surface area (Å²) in [5.41, 5.74) is 1.39. The van der Waals surface area contributed by atoms with Crippen molar-refractivity contribution in [3.05, 3.63) is 76.0 Å². The maximum atomic E-state index is 13.3. The Balaban J connectivity index is 1.72. The van der Waals surface area contributed by atoms with Crippen LogP contribution in [0, 0.1) is 5.82 Å². The number of carbonyl (C=O) groups is 2. The van der Waals surface area contributed by atoms with Crippen molar-refractivity contribution in [1.29, 1.82) is 0 Å². The number of amides is 1. The summed E-state index contributed by atoms with van der Waals surface area (Å²) < 4.78 is 13.3. The number of aromatic nitrogens is 1. The molecule has 1 aromatic heterocycles. The molecule has 0 aliphatic heterocycles. The van der Waals surface area contributed by atoms with E-state index in [9.17, 15) is 19.1 Å². The molecule has 5 nitrogen and oxygen atoms in total. The average Bonchev–Trinajstić information content (AvgIpc) is 3.09. The predicted molar refractivity (Wildman–Crippen MR) is 101 cm³/mol. The Morgan fingerprint density at radius 1 is 1.22 bits per heavy atom. The van der Waals surface area contributed by atoms with Crippen LogP contribution in [-0.4, -0.2) is 22.0 Å². The van der Waals surface area contributed by atoms with E-state index in [1.807, 2.05) is 0 Å². The maximum Gasteiger partial charge on any atom is 0.330 e. The van der Waals surface area contributed by atoms with Gasteiger partial charge in [0, 0.05) is 21.5 Å². The second-order valence-corrected chi connectivity index (χ2v) is 6.96. The zero-order valence-corrected chi connectivity index (χ0v) is 15.4. The highest BCUT2D eigenvalue weighted by Crippen LogP contribution is 2.25. The van der Waals surface area contributed by atoms with Gasteiger partial charge in [0.15, 0.2) is 6.04 Å². The number of carboxylic acids is 1. The highest BCUT2D eigenvalue weighted by atomic mass is 35.5. The SMILES string of the molecule is O=C(Cc1csc(-c2cccc(F)c2)n1)NC(C(=O)O)c1ccccc1Cl. The van der Waals surface area contributed by atoms with Gasteiger partial charge in [-0.2, -0.15) is 0 Å². The molecule has 27 heavy (non-hydrogen) atoms. The van der Waals surface area contributed by atoms with Gasteiger partial charge in [-0.1, -0.05) is 41.9 Å². The van der Waals surface area contributed by atoms with Gasteiger partial charge in [-0.3, -0.25) is 4.79 Å². The molecule has 0 saturated heterocycles. The highest BCUT2D eigenvalue weighted by Gasteiger charge is 2.24. The van der Waals surface area contributed by atoms with Crippen LogP contribution in [0.5, 0.6) is 0 Å². The van der Waals surface area contributed by atoms with Crippen molar-refractivity contribution in [3.63, 3.8) is 0 Å².